The molecule has 2 aliphatic rings. The SMILES string of the molecule is C1=CC2c3ccc4c5ccccc5n(-c5nc(-c6ccccc6)nc(-c6ccccc6)n5)c4c3N(c3ccccc3)C2C=C1. The number of allylic oxidation sites excluding steroid dienone is 2. The Kier molecular flexibility index (Phi) is 5.56. The molecule has 2 aromatic heterocycles. The summed E-state index contributed by atoms with van der Waals surface area (Å²) in [5, 5.41) is 2.34. The summed E-state index contributed by atoms with van der Waals surface area (Å²) in [6, 6.07) is 44.4. The van der Waals surface area contributed by atoms with Gasteiger partial charge in [0.05, 0.1) is 22.8 Å². The number of aromatic nitrogens is 4. The number of hydrogen-bond donors (Lipinski definition) is 0. The maximum absolute atomic E-state index is 5.18. The Morgan fingerprint density at radius 1 is 0.523 bits per heavy atom. The van der Waals surface area contributed by atoms with Crippen molar-refractivity contribution in [2.45, 2.75) is 12.0 Å². The molecule has 3 heterocycles. The summed E-state index contributed by atoms with van der Waals surface area (Å²) < 4.78 is 2.25. The van der Waals surface area contributed by atoms with Gasteiger partial charge < -0.3 is 4.90 Å². The van der Waals surface area contributed by atoms with Crippen molar-refractivity contribution in [2.24, 2.45) is 0 Å². The van der Waals surface area contributed by atoms with Crippen molar-refractivity contribution < 1.29 is 0 Å². The summed E-state index contributed by atoms with van der Waals surface area (Å²) in [7, 11) is 0. The maximum Gasteiger partial charge on any atom is 0.238 e. The molecule has 0 fully saturated rings. The first-order valence-electron chi connectivity index (χ1n) is 15.0. The van der Waals surface area contributed by atoms with Crippen molar-refractivity contribution in [1.82, 2.24) is 19.5 Å². The minimum atomic E-state index is 0.174. The lowest BCUT2D eigenvalue weighted by Gasteiger charge is -2.29. The van der Waals surface area contributed by atoms with Gasteiger partial charge in [-0.3, -0.25) is 4.57 Å². The van der Waals surface area contributed by atoms with E-state index in [-0.39, 0.29) is 12.0 Å². The molecule has 0 radical (unpaired) electrons. The highest BCUT2D eigenvalue weighted by Gasteiger charge is 2.40. The second-order valence-electron chi connectivity index (χ2n) is 11.3. The number of rotatable bonds is 4. The minimum Gasteiger partial charge on any atom is -0.332 e. The molecule has 1 aliphatic heterocycles. The van der Waals surface area contributed by atoms with Crippen LogP contribution >= 0.6 is 0 Å². The number of hydrogen-bond acceptors (Lipinski definition) is 4. The third-order valence-electron chi connectivity index (χ3n) is 8.77. The zero-order valence-electron chi connectivity index (χ0n) is 23.8. The molecule has 0 N–H and O–H groups in total. The van der Waals surface area contributed by atoms with Crippen LogP contribution in [0.5, 0.6) is 0 Å². The average molecular weight is 566 g/mol. The summed E-state index contributed by atoms with van der Waals surface area (Å²) >= 11 is 0. The summed E-state index contributed by atoms with van der Waals surface area (Å²) in [6.45, 7) is 0. The number of fused-ring (bicyclic) bond motifs is 7. The largest absolute Gasteiger partial charge is 0.332 e. The van der Waals surface area contributed by atoms with Gasteiger partial charge in [-0.05, 0) is 23.8 Å². The van der Waals surface area contributed by atoms with E-state index in [1.54, 1.807) is 0 Å². The van der Waals surface area contributed by atoms with Gasteiger partial charge in [-0.1, -0.05) is 133 Å². The van der Waals surface area contributed by atoms with Crippen molar-refractivity contribution >= 4 is 33.2 Å². The van der Waals surface area contributed by atoms with Crippen LogP contribution in [0.25, 0.3) is 50.5 Å². The molecule has 9 rings (SSSR count). The van der Waals surface area contributed by atoms with Crippen molar-refractivity contribution in [2.75, 3.05) is 4.90 Å². The predicted molar refractivity (Wildman–Crippen MR) is 178 cm³/mol. The molecule has 5 nitrogen and oxygen atoms in total. The van der Waals surface area contributed by atoms with Crippen LogP contribution in [0.1, 0.15) is 11.5 Å². The van der Waals surface area contributed by atoms with E-state index in [2.05, 4.69) is 125 Å². The predicted octanol–water partition coefficient (Wildman–Crippen LogP) is 9.03. The first kappa shape index (κ1) is 24.8. The lowest BCUT2D eigenvalue weighted by atomic mass is 9.91. The molecule has 44 heavy (non-hydrogen) atoms. The first-order chi connectivity index (χ1) is 21.8. The Morgan fingerprint density at radius 2 is 1.14 bits per heavy atom. The van der Waals surface area contributed by atoms with Gasteiger partial charge >= 0.3 is 0 Å². The van der Waals surface area contributed by atoms with Crippen LogP contribution < -0.4 is 4.90 Å². The fourth-order valence-electron chi connectivity index (χ4n) is 6.85. The van der Waals surface area contributed by atoms with Gasteiger partial charge in [-0.2, -0.15) is 9.97 Å². The molecular formula is C39H27N5. The van der Waals surface area contributed by atoms with Crippen molar-refractivity contribution in [3.05, 3.63) is 157 Å². The highest BCUT2D eigenvalue weighted by atomic mass is 15.2. The van der Waals surface area contributed by atoms with Crippen LogP contribution in [0.3, 0.4) is 0 Å². The molecular weight excluding hydrogens is 538 g/mol. The molecule has 2 atom stereocenters. The summed E-state index contributed by atoms with van der Waals surface area (Å²) in [5.74, 6) is 2.13. The Bertz CT molecular complexity index is 2180. The van der Waals surface area contributed by atoms with Crippen LogP contribution in [0.4, 0.5) is 11.4 Å². The van der Waals surface area contributed by atoms with E-state index in [1.165, 1.54) is 22.0 Å². The van der Waals surface area contributed by atoms with Gasteiger partial charge in [0.1, 0.15) is 0 Å². The molecule has 0 saturated heterocycles. The number of nitrogens with zero attached hydrogens (tertiary/aromatic N) is 5. The molecule has 5 aromatic carbocycles. The number of para-hydroxylation sites is 2. The average Bonchev–Trinajstić information content (AvgIpc) is 3.62. The van der Waals surface area contributed by atoms with Crippen LogP contribution in [0, 0.1) is 0 Å². The van der Waals surface area contributed by atoms with E-state index in [4.69, 9.17) is 15.0 Å². The summed E-state index contributed by atoms with van der Waals surface area (Å²) in [5.41, 5.74) is 7.73. The molecule has 208 valence electrons. The Hall–Kier alpha value is -5.81. The van der Waals surface area contributed by atoms with E-state index < -0.39 is 0 Å². The first-order valence-corrected chi connectivity index (χ1v) is 15.0. The molecule has 0 saturated carbocycles. The van der Waals surface area contributed by atoms with Crippen LogP contribution in [-0.2, 0) is 0 Å². The van der Waals surface area contributed by atoms with Crippen LogP contribution in [-0.4, -0.2) is 25.6 Å². The van der Waals surface area contributed by atoms with E-state index >= 15 is 0 Å². The molecule has 1 aliphatic carbocycles. The molecule has 0 spiro atoms. The van der Waals surface area contributed by atoms with Crippen molar-refractivity contribution in [1.29, 1.82) is 0 Å². The Labute approximate surface area is 255 Å². The van der Waals surface area contributed by atoms with E-state index in [1.807, 2.05) is 36.4 Å². The maximum atomic E-state index is 5.18. The summed E-state index contributed by atoms with van der Waals surface area (Å²) in [6.07, 6.45) is 8.99. The van der Waals surface area contributed by atoms with E-state index in [9.17, 15) is 0 Å². The molecule has 5 heteroatoms. The monoisotopic (exact) mass is 565 g/mol. The van der Waals surface area contributed by atoms with Crippen LogP contribution in [0.15, 0.2) is 152 Å². The second-order valence-corrected chi connectivity index (χ2v) is 11.3. The molecule has 0 bridgehead atoms. The van der Waals surface area contributed by atoms with Gasteiger partial charge in [0.2, 0.25) is 5.95 Å². The third-order valence-corrected chi connectivity index (χ3v) is 8.77. The summed E-state index contributed by atoms with van der Waals surface area (Å²) in [4.78, 5) is 17.8. The smallest absolute Gasteiger partial charge is 0.238 e. The normalized spacial score (nSPS) is 16.9. The number of anilines is 2. The molecule has 7 aromatic rings. The Morgan fingerprint density at radius 3 is 1.84 bits per heavy atom. The lowest BCUT2D eigenvalue weighted by molar-refractivity contribution is 0.745. The van der Waals surface area contributed by atoms with Crippen LogP contribution in [0.2, 0.25) is 0 Å². The topological polar surface area (TPSA) is 46.8 Å². The van der Waals surface area contributed by atoms with Crippen molar-refractivity contribution in [3.8, 4) is 28.7 Å². The Balaban J connectivity index is 1.40. The minimum absolute atomic E-state index is 0.174. The fraction of sp³-hybridized carbons (Fsp3) is 0.0513. The third kappa shape index (κ3) is 3.76. The number of benzene rings is 5. The zero-order chi connectivity index (χ0) is 29.0. The van der Waals surface area contributed by atoms with Gasteiger partial charge in [0, 0.05) is 33.5 Å². The van der Waals surface area contributed by atoms with Gasteiger partial charge in [0.25, 0.3) is 0 Å². The highest BCUT2D eigenvalue weighted by molar-refractivity contribution is 6.15. The molecule has 0 amide bonds. The second kappa shape index (κ2) is 9.89. The van der Waals surface area contributed by atoms with Gasteiger partial charge in [-0.15, -0.1) is 0 Å². The fourth-order valence-corrected chi connectivity index (χ4v) is 6.85. The lowest BCUT2D eigenvalue weighted by Crippen LogP contribution is -2.28. The van der Waals surface area contributed by atoms with Gasteiger partial charge in [0.15, 0.2) is 11.6 Å². The van der Waals surface area contributed by atoms with E-state index in [0.29, 0.717) is 17.6 Å². The van der Waals surface area contributed by atoms with Crippen molar-refractivity contribution in [3.63, 3.8) is 0 Å². The van der Waals surface area contributed by atoms with E-state index in [0.717, 1.165) is 27.8 Å². The zero-order valence-corrected chi connectivity index (χ0v) is 23.8. The standard InChI is InChI=1S/C39H27N5/c1-4-14-26(15-5-1)37-40-38(27-16-6-2-7-17-27)42-39(41-37)44-34-23-13-11-21-30(34)32-25-24-31-29-20-10-12-22-33(29)43(35(31)36(32)44)28-18-8-3-9-19-28/h1-25,29,33H. The quantitative estimate of drug-likeness (QED) is 0.214. The molecule has 2 unspecified atom stereocenters. The highest BCUT2D eigenvalue weighted by Crippen LogP contribution is 2.52. The van der Waals surface area contributed by atoms with Gasteiger partial charge in [-0.25, -0.2) is 4.98 Å².